The van der Waals surface area contributed by atoms with E-state index in [1.807, 2.05) is 67.6 Å². The third-order valence-electron chi connectivity index (χ3n) is 6.45. The Hall–Kier alpha value is -3.57. The fraction of sp³-hybridized carbons (Fsp3) is 0.241. The first kappa shape index (κ1) is 24.6. The summed E-state index contributed by atoms with van der Waals surface area (Å²) in [4.78, 5) is 26.1. The predicted molar refractivity (Wildman–Crippen MR) is 137 cm³/mol. The van der Waals surface area contributed by atoms with E-state index in [4.69, 9.17) is 21.1 Å². The third-order valence-corrected chi connectivity index (χ3v) is 6.71. The molecule has 1 N–H and O–H groups in total. The zero-order chi connectivity index (χ0) is 24.8. The Kier molecular flexibility index (Phi) is 7.57. The van der Waals surface area contributed by atoms with Gasteiger partial charge in [0.2, 0.25) is 5.91 Å². The molecule has 1 aliphatic carbocycles. The zero-order valence-corrected chi connectivity index (χ0v) is 20.6. The van der Waals surface area contributed by atoms with Crippen LogP contribution in [0.25, 0.3) is 6.08 Å². The lowest BCUT2D eigenvalue weighted by atomic mass is 9.78. The molecular formula is C29H28ClNO4. The molecule has 0 saturated heterocycles. The molecule has 1 saturated carbocycles. The quantitative estimate of drug-likeness (QED) is 0.300. The van der Waals surface area contributed by atoms with E-state index in [9.17, 15) is 9.59 Å². The summed E-state index contributed by atoms with van der Waals surface area (Å²) in [6.07, 6.45) is 4.91. The molecular weight excluding hydrogens is 462 g/mol. The molecule has 35 heavy (non-hydrogen) atoms. The van der Waals surface area contributed by atoms with Gasteiger partial charge in [-0.3, -0.25) is 4.79 Å². The summed E-state index contributed by atoms with van der Waals surface area (Å²) in [7, 11) is 1.30. The summed E-state index contributed by atoms with van der Waals surface area (Å²) in [5.41, 5.74) is 2.05. The van der Waals surface area contributed by atoms with Gasteiger partial charge in [-0.25, -0.2) is 4.79 Å². The number of carbonyl (C=O) groups excluding carboxylic acids is 2. The van der Waals surface area contributed by atoms with Gasteiger partial charge in [-0.15, -0.1) is 0 Å². The first-order chi connectivity index (χ1) is 16.9. The second-order valence-corrected chi connectivity index (χ2v) is 9.17. The monoisotopic (exact) mass is 489 g/mol. The average molecular weight is 490 g/mol. The highest BCUT2D eigenvalue weighted by atomic mass is 35.5. The number of ether oxygens (including phenoxy) is 2. The van der Waals surface area contributed by atoms with Crippen LogP contribution in [-0.2, 0) is 19.7 Å². The molecule has 0 atom stereocenters. The molecule has 0 radical (unpaired) electrons. The van der Waals surface area contributed by atoms with E-state index in [0.29, 0.717) is 23.6 Å². The van der Waals surface area contributed by atoms with Gasteiger partial charge in [-0.2, -0.15) is 0 Å². The lowest BCUT2D eigenvalue weighted by molar-refractivity contribution is -0.138. The number of benzene rings is 3. The number of esters is 1. The lowest BCUT2D eigenvalue weighted by Gasteiger charge is -2.28. The second kappa shape index (κ2) is 10.8. The van der Waals surface area contributed by atoms with Crippen LogP contribution in [-0.4, -0.2) is 19.0 Å². The molecule has 0 spiro atoms. The maximum absolute atomic E-state index is 13.6. The van der Waals surface area contributed by atoms with Crippen LogP contribution in [0.1, 0.15) is 42.4 Å². The number of hydrogen-bond donors (Lipinski definition) is 1. The molecule has 6 heteroatoms. The number of para-hydroxylation sites is 1. The Bertz CT molecular complexity index is 1230. The highest BCUT2D eigenvalue weighted by Crippen LogP contribution is 2.42. The van der Waals surface area contributed by atoms with Crippen LogP contribution in [0.2, 0.25) is 5.02 Å². The number of amides is 1. The maximum atomic E-state index is 13.6. The van der Waals surface area contributed by atoms with Crippen LogP contribution in [0.5, 0.6) is 11.5 Å². The Labute approximate surface area is 210 Å². The van der Waals surface area contributed by atoms with Gasteiger partial charge in [0.1, 0.15) is 17.2 Å². The largest absolute Gasteiger partial charge is 0.464 e. The van der Waals surface area contributed by atoms with Gasteiger partial charge in [0.05, 0.1) is 12.5 Å². The molecule has 0 aliphatic heterocycles. The first-order valence-corrected chi connectivity index (χ1v) is 12.0. The fourth-order valence-corrected chi connectivity index (χ4v) is 4.61. The van der Waals surface area contributed by atoms with E-state index in [1.54, 1.807) is 18.2 Å². The number of carbonyl (C=O) groups is 2. The van der Waals surface area contributed by atoms with Crippen molar-refractivity contribution in [3.8, 4) is 11.5 Å². The van der Waals surface area contributed by atoms with Crippen molar-refractivity contribution in [2.45, 2.75) is 38.0 Å². The normalized spacial score (nSPS) is 14.9. The number of rotatable bonds is 7. The zero-order valence-electron chi connectivity index (χ0n) is 19.8. The lowest BCUT2D eigenvalue weighted by Crippen LogP contribution is -2.43. The van der Waals surface area contributed by atoms with Gasteiger partial charge in [0, 0.05) is 5.02 Å². The smallest absolute Gasteiger partial charge is 0.354 e. The molecule has 3 aromatic rings. The van der Waals surface area contributed by atoms with Crippen molar-refractivity contribution < 1.29 is 19.1 Å². The molecule has 1 fully saturated rings. The van der Waals surface area contributed by atoms with Crippen LogP contribution >= 0.6 is 11.6 Å². The molecule has 4 rings (SSSR count). The summed E-state index contributed by atoms with van der Waals surface area (Å²) in [5, 5.41) is 3.48. The van der Waals surface area contributed by atoms with Crippen LogP contribution in [0.3, 0.4) is 0 Å². The summed E-state index contributed by atoms with van der Waals surface area (Å²) >= 11 is 6.06. The van der Waals surface area contributed by atoms with E-state index in [0.717, 1.165) is 35.3 Å². The molecule has 0 heterocycles. The van der Waals surface area contributed by atoms with Crippen LogP contribution in [0.4, 0.5) is 0 Å². The second-order valence-electron chi connectivity index (χ2n) is 8.74. The van der Waals surface area contributed by atoms with E-state index >= 15 is 0 Å². The number of aryl methyl sites for hydroxylation is 1. The van der Waals surface area contributed by atoms with Crippen molar-refractivity contribution in [1.82, 2.24) is 5.32 Å². The summed E-state index contributed by atoms with van der Waals surface area (Å²) in [5.74, 6) is 0.631. The Morgan fingerprint density at radius 3 is 2.23 bits per heavy atom. The topological polar surface area (TPSA) is 64.6 Å². The van der Waals surface area contributed by atoms with Gasteiger partial charge in [0.15, 0.2) is 0 Å². The van der Waals surface area contributed by atoms with Crippen LogP contribution in [0.15, 0.2) is 78.5 Å². The summed E-state index contributed by atoms with van der Waals surface area (Å²) in [6.45, 7) is 1.99. The van der Waals surface area contributed by atoms with Gasteiger partial charge >= 0.3 is 5.97 Å². The van der Waals surface area contributed by atoms with Crippen molar-refractivity contribution in [3.05, 3.63) is 100 Å². The number of nitrogens with one attached hydrogen (secondary N) is 1. The molecule has 180 valence electrons. The van der Waals surface area contributed by atoms with E-state index in [1.165, 1.54) is 7.11 Å². The minimum absolute atomic E-state index is 0.0883. The Balaban J connectivity index is 1.56. The van der Waals surface area contributed by atoms with Crippen molar-refractivity contribution in [1.29, 1.82) is 0 Å². The highest BCUT2D eigenvalue weighted by molar-refractivity contribution is 6.30. The molecule has 1 aliphatic rings. The minimum Gasteiger partial charge on any atom is -0.464 e. The summed E-state index contributed by atoms with van der Waals surface area (Å²) in [6, 6.07) is 22.4. The number of methoxy groups -OCH3 is 1. The average Bonchev–Trinajstić information content (AvgIpc) is 3.37. The van der Waals surface area contributed by atoms with Crippen molar-refractivity contribution in [3.63, 3.8) is 0 Å². The molecule has 0 bridgehead atoms. The van der Waals surface area contributed by atoms with Crippen LogP contribution in [0, 0.1) is 6.92 Å². The van der Waals surface area contributed by atoms with Crippen molar-refractivity contribution >= 4 is 29.6 Å². The molecule has 1 amide bonds. The number of halogens is 1. The predicted octanol–water partition coefficient (Wildman–Crippen LogP) is 6.58. The van der Waals surface area contributed by atoms with Gasteiger partial charge < -0.3 is 14.8 Å². The van der Waals surface area contributed by atoms with Gasteiger partial charge in [-0.05, 0) is 72.9 Å². The van der Waals surface area contributed by atoms with E-state index in [2.05, 4.69) is 5.32 Å². The SMILES string of the molecule is COC(=O)/C(=C/c1ccc(Oc2ccccc2C)cc1)NC(=O)C1(c2ccc(Cl)cc2)CCCC1. The fourth-order valence-electron chi connectivity index (χ4n) is 4.49. The van der Waals surface area contributed by atoms with Gasteiger partial charge in [-0.1, -0.05) is 66.9 Å². The van der Waals surface area contributed by atoms with E-state index < -0.39 is 11.4 Å². The summed E-state index contributed by atoms with van der Waals surface area (Å²) < 4.78 is 10.9. The van der Waals surface area contributed by atoms with Crippen LogP contribution < -0.4 is 10.1 Å². The third kappa shape index (κ3) is 5.57. The Morgan fingerprint density at radius 2 is 1.60 bits per heavy atom. The molecule has 0 aromatic heterocycles. The number of hydrogen-bond acceptors (Lipinski definition) is 4. The molecule has 5 nitrogen and oxygen atoms in total. The van der Waals surface area contributed by atoms with Crippen molar-refractivity contribution in [2.75, 3.05) is 7.11 Å². The van der Waals surface area contributed by atoms with Crippen molar-refractivity contribution in [2.24, 2.45) is 0 Å². The maximum Gasteiger partial charge on any atom is 0.354 e. The Morgan fingerprint density at radius 1 is 0.943 bits per heavy atom. The van der Waals surface area contributed by atoms with Gasteiger partial charge in [0.25, 0.3) is 0 Å². The molecule has 3 aromatic carbocycles. The minimum atomic E-state index is -0.705. The highest BCUT2D eigenvalue weighted by Gasteiger charge is 2.43. The molecule has 0 unspecified atom stereocenters. The first-order valence-electron chi connectivity index (χ1n) is 11.6. The van der Waals surface area contributed by atoms with E-state index in [-0.39, 0.29) is 11.6 Å². The standard InChI is InChI=1S/C29H28ClNO4/c1-20-7-3-4-8-26(20)35-24-15-9-21(10-16-24)19-25(27(32)34-2)31-28(33)29(17-5-6-18-29)22-11-13-23(30)14-12-22/h3-4,7-16,19H,5-6,17-18H2,1-2H3,(H,31,33)/b25-19-.